The van der Waals surface area contributed by atoms with Crippen LogP contribution in [-0.2, 0) is 22.6 Å². The maximum atomic E-state index is 12.7. The van der Waals surface area contributed by atoms with Gasteiger partial charge in [0.05, 0.1) is 17.7 Å². The number of nitrogens with zero attached hydrogens (tertiary/aromatic N) is 3. The van der Waals surface area contributed by atoms with Crippen molar-refractivity contribution in [3.8, 4) is 0 Å². The number of fused-ring (bicyclic) bond motifs is 1. The maximum absolute atomic E-state index is 12.7. The number of carbonyl (C=O) groups excluding carboxylic acids is 2. The van der Waals surface area contributed by atoms with Crippen molar-refractivity contribution in [2.45, 2.75) is 33.9 Å². The molecule has 2 aromatic heterocycles. The third-order valence-corrected chi connectivity index (χ3v) is 4.82. The predicted octanol–water partition coefficient (Wildman–Crippen LogP) is 3.04. The van der Waals surface area contributed by atoms with Crippen LogP contribution in [0.3, 0.4) is 0 Å². The molecule has 3 aromatic rings. The van der Waals surface area contributed by atoms with E-state index in [0.717, 1.165) is 11.3 Å². The van der Waals surface area contributed by atoms with Gasteiger partial charge in [0.15, 0.2) is 5.69 Å². The Morgan fingerprint density at radius 2 is 1.86 bits per heavy atom. The zero-order valence-corrected chi connectivity index (χ0v) is 17.2. The maximum Gasteiger partial charge on any atom is 0.367 e. The van der Waals surface area contributed by atoms with Gasteiger partial charge in [0.1, 0.15) is 6.61 Å². The summed E-state index contributed by atoms with van der Waals surface area (Å²) in [6.45, 7) is 6.17. The summed E-state index contributed by atoms with van der Waals surface area (Å²) in [6, 6.07) is 6.81. The molecule has 0 fully saturated rings. The molecule has 0 aliphatic heterocycles. The Morgan fingerprint density at radius 1 is 1.14 bits per heavy atom. The lowest BCUT2D eigenvalue weighted by Gasteiger charge is -2.12. The summed E-state index contributed by atoms with van der Waals surface area (Å²) in [5.41, 5.74) is 0.261. The molecule has 29 heavy (non-hydrogen) atoms. The van der Waals surface area contributed by atoms with E-state index in [1.165, 1.54) is 4.68 Å². The van der Waals surface area contributed by atoms with Crippen molar-refractivity contribution in [3.05, 3.63) is 56.4 Å². The van der Waals surface area contributed by atoms with Crippen LogP contribution in [0.15, 0.2) is 34.4 Å². The van der Waals surface area contributed by atoms with Gasteiger partial charge in [0.2, 0.25) is 5.01 Å². The molecular weight excluding hydrogens is 394 g/mol. The van der Waals surface area contributed by atoms with Gasteiger partial charge in [-0.25, -0.2) is 19.3 Å². The first kappa shape index (κ1) is 20.7. The van der Waals surface area contributed by atoms with E-state index in [4.69, 9.17) is 9.47 Å². The van der Waals surface area contributed by atoms with Crippen molar-refractivity contribution in [2.24, 2.45) is 5.92 Å². The minimum atomic E-state index is -0.663. The van der Waals surface area contributed by atoms with Gasteiger partial charge in [-0.2, -0.15) is 5.10 Å². The van der Waals surface area contributed by atoms with E-state index in [-0.39, 0.29) is 35.4 Å². The number of esters is 2. The Kier molecular flexibility index (Phi) is 6.38. The zero-order chi connectivity index (χ0) is 21.0. The van der Waals surface area contributed by atoms with Gasteiger partial charge in [-0.3, -0.25) is 4.79 Å². The lowest BCUT2D eigenvalue weighted by Crippen LogP contribution is -2.28. The molecule has 0 saturated carbocycles. The molecule has 8 nitrogen and oxygen atoms in total. The van der Waals surface area contributed by atoms with Crippen molar-refractivity contribution < 1.29 is 19.1 Å². The van der Waals surface area contributed by atoms with Gasteiger partial charge < -0.3 is 9.47 Å². The minimum Gasteiger partial charge on any atom is -0.461 e. The van der Waals surface area contributed by atoms with E-state index in [1.54, 1.807) is 36.6 Å². The van der Waals surface area contributed by atoms with Crippen LogP contribution in [0.5, 0.6) is 0 Å². The first-order chi connectivity index (χ1) is 13.9. The normalized spacial score (nSPS) is 11.0. The molecule has 0 bridgehead atoms. The SMILES string of the molecule is CCOC(=O)c1nc(COC(=O)c2nn(CC(C)C)c(=O)c3ccccc23)cs1. The molecule has 9 heteroatoms. The summed E-state index contributed by atoms with van der Waals surface area (Å²) in [5, 5.41) is 6.93. The lowest BCUT2D eigenvalue weighted by molar-refractivity contribution is 0.0460. The molecule has 0 N–H and O–H groups in total. The van der Waals surface area contributed by atoms with E-state index >= 15 is 0 Å². The summed E-state index contributed by atoms with van der Waals surface area (Å²) < 4.78 is 11.5. The third kappa shape index (κ3) is 4.68. The molecule has 0 saturated heterocycles. The Morgan fingerprint density at radius 3 is 2.55 bits per heavy atom. The van der Waals surface area contributed by atoms with Crippen LogP contribution >= 0.6 is 11.3 Å². The fourth-order valence-corrected chi connectivity index (χ4v) is 3.42. The number of hydrogen-bond acceptors (Lipinski definition) is 8. The number of benzene rings is 1. The monoisotopic (exact) mass is 415 g/mol. The molecule has 3 rings (SSSR count). The molecule has 1 aromatic carbocycles. The fourth-order valence-electron chi connectivity index (χ4n) is 2.72. The van der Waals surface area contributed by atoms with Crippen molar-refractivity contribution in [1.82, 2.24) is 14.8 Å². The molecule has 0 aliphatic rings. The molecule has 2 heterocycles. The van der Waals surface area contributed by atoms with Gasteiger partial charge in [0, 0.05) is 17.3 Å². The Balaban J connectivity index is 1.84. The van der Waals surface area contributed by atoms with Gasteiger partial charge in [0.25, 0.3) is 5.56 Å². The second-order valence-corrected chi connectivity index (χ2v) is 7.57. The quantitative estimate of drug-likeness (QED) is 0.547. The van der Waals surface area contributed by atoms with E-state index in [9.17, 15) is 14.4 Å². The standard InChI is InChI=1S/C20H21N3O5S/c1-4-27-20(26)17-21-13(11-29-17)10-28-19(25)16-14-7-5-6-8-15(14)18(24)23(22-16)9-12(2)3/h5-8,11-12H,4,9-10H2,1-3H3. The highest BCUT2D eigenvalue weighted by molar-refractivity contribution is 7.11. The van der Waals surface area contributed by atoms with Crippen LogP contribution in [0.25, 0.3) is 10.8 Å². The largest absolute Gasteiger partial charge is 0.461 e. The third-order valence-electron chi connectivity index (χ3n) is 3.95. The minimum absolute atomic E-state index is 0.0710. The Hall–Kier alpha value is -3.07. The second kappa shape index (κ2) is 8.95. The number of aromatic nitrogens is 3. The van der Waals surface area contributed by atoms with Crippen LogP contribution in [0, 0.1) is 5.92 Å². The Labute approximate surface area is 171 Å². The van der Waals surface area contributed by atoms with Crippen LogP contribution in [0.1, 0.15) is 46.8 Å². The van der Waals surface area contributed by atoms with E-state index < -0.39 is 11.9 Å². The molecule has 0 atom stereocenters. The van der Waals surface area contributed by atoms with Crippen molar-refractivity contribution in [2.75, 3.05) is 6.61 Å². The smallest absolute Gasteiger partial charge is 0.367 e. The van der Waals surface area contributed by atoms with Gasteiger partial charge in [-0.1, -0.05) is 32.0 Å². The lowest BCUT2D eigenvalue weighted by atomic mass is 10.1. The predicted molar refractivity (Wildman–Crippen MR) is 108 cm³/mol. The Bertz CT molecular complexity index is 1100. The molecular formula is C20H21N3O5S. The highest BCUT2D eigenvalue weighted by atomic mass is 32.1. The number of hydrogen-bond donors (Lipinski definition) is 0. The van der Waals surface area contributed by atoms with Crippen LogP contribution < -0.4 is 5.56 Å². The summed E-state index contributed by atoms with van der Waals surface area (Å²) in [7, 11) is 0. The van der Waals surface area contributed by atoms with Gasteiger partial charge in [-0.05, 0) is 18.9 Å². The zero-order valence-electron chi connectivity index (χ0n) is 16.4. The first-order valence-electron chi connectivity index (χ1n) is 9.19. The molecule has 0 aliphatic carbocycles. The van der Waals surface area contributed by atoms with Crippen molar-refractivity contribution >= 4 is 34.0 Å². The molecule has 0 spiro atoms. The number of carbonyl (C=O) groups is 2. The first-order valence-corrected chi connectivity index (χ1v) is 10.1. The van der Waals surface area contributed by atoms with Crippen LogP contribution in [-0.4, -0.2) is 33.3 Å². The highest BCUT2D eigenvalue weighted by Gasteiger charge is 2.19. The second-order valence-electron chi connectivity index (χ2n) is 6.72. The summed E-state index contributed by atoms with van der Waals surface area (Å²) in [5.74, 6) is -0.991. The number of thiazole rings is 1. The van der Waals surface area contributed by atoms with E-state index in [0.29, 0.717) is 23.0 Å². The number of rotatable bonds is 7. The van der Waals surface area contributed by atoms with Crippen LogP contribution in [0.2, 0.25) is 0 Å². The number of ether oxygens (including phenoxy) is 2. The fraction of sp³-hybridized carbons (Fsp3) is 0.350. The molecule has 0 amide bonds. The van der Waals surface area contributed by atoms with Gasteiger partial charge in [-0.15, -0.1) is 11.3 Å². The molecule has 0 unspecified atom stereocenters. The summed E-state index contributed by atoms with van der Waals surface area (Å²) in [4.78, 5) is 41.2. The van der Waals surface area contributed by atoms with Crippen LogP contribution in [0.4, 0.5) is 0 Å². The van der Waals surface area contributed by atoms with E-state index in [1.807, 2.05) is 13.8 Å². The molecule has 152 valence electrons. The average Bonchev–Trinajstić information content (AvgIpc) is 3.17. The topological polar surface area (TPSA) is 100 Å². The summed E-state index contributed by atoms with van der Waals surface area (Å²) >= 11 is 1.12. The summed E-state index contributed by atoms with van der Waals surface area (Å²) in [6.07, 6.45) is 0. The van der Waals surface area contributed by atoms with Gasteiger partial charge >= 0.3 is 11.9 Å². The molecule has 0 radical (unpaired) electrons. The van der Waals surface area contributed by atoms with E-state index in [2.05, 4.69) is 10.1 Å². The highest BCUT2D eigenvalue weighted by Crippen LogP contribution is 2.17. The van der Waals surface area contributed by atoms with Crippen molar-refractivity contribution in [3.63, 3.8) is 0 Å². The average molecular weight is 415 g/mol. The van der Waals surface area contributed by atoms with Crippen molar-refractivity contribution in [1.29, 1.82) is 0 Å².